The van der Waals surface area contributed by atoms with E-state index < -0.39 is 10.0 Å². The fourth-order valence-corrected chi connectivity index (χ4v) is 4.17. The molecule has 0 unspecified atom stereocenters. The van der Waals surface area contributed by atoms with Gasteiger partial charge in [0, 0.05) is 18.9 Å². The van der Waals surface area contributed by atoms with E-state index in [4.69, 9.17) is 34.8 Å². The van der Waals surface area contributed by atoms with Crippen LogP contribution in [0.25, 0.3) is 5.69 Å². The molecule has 1 N–H and O–H groups in total. The van der Waals surface area contributed by atoms with Crippen molar-refractivity contribution < 1.29 is 8.42 Å². The van der Waals surface area contributed by atoms with Crippen molar-refractivity contribution in [3.8, 4) is 5.69 Å². The summed E-state index contributed by atoms with van der Waals surface area (Å²) in [6.45, 7) is 0.109. The Morgan fingerprint density at radius 2 is 1.68 bits per heavy atom. The van der Waals surface area contributed by atoms with Crippen LogP contribution in [0.15, 0.2) is 59.8 Å². The van der Waals surface area contributed by atoms with Crippen molar-refractivity contribution in [2.75, 3.05) is 0 Å². The van der Waals surface area contributed by atoms with Crippen molar-refractivity contribution in [1.29, 1.82) is 0 Å². The van der Waals surface area contributed by atoms with E-state index in [-0.39, 0.29) is 26.5 Å². The number of nitrogens with zero attached hydrogens (tertiary/aromatic N) is 2. The van der Waals surface area contributed by atoms with Crippen LogP contribution in [0.2, 0.25) is 15.1 Å². The molecule has 130 valence electrons. The third-order valence-electron chi connectivity index (χ3n) is 3.44. The molecule has 0 bridgehead atoms. The van der Waals surface area contributed by atoms with Crippen LogP contribution in [-0.2, 0) is 16.6 Å². The molecular formula is C16H12Cl3N3O2S. The summed E-state index contributed by atoms with van der Waals surface area (Å²) in [5, 5.41) is 4.46. The van der Waals surface area contributed by atoms with E-state index in [0.717, 1.165) is 11.3 Å². The van der Waals surface area contributed by atoms with Gasteiger partial charge in [0.1, 0.15) is 4.90 Å². The van der Waals surface area contributed by atoms with E-state index in [1.54, 1.807) is 10.9 Å². The van der Waals surface area contributed by atoms with E-state index in [1.165, 1.54) is 12.1 Å². The van der Waals surface area contributed by atoms with Crippen LogP contribution >= 0.6 is 34.8 Å². The summed E-state index contributed by atoms with van der Waals surface area (Å²) in [4.78, 5) is -0.114. The van der Waals surface area contributed by atoms with Gasteiger partial charge in [-0.25, -0.2) is 17.8 Å². The SMILES string of the molecule is O=S(=O)(NCc1ccc(-n2cccn2)cc1)c1cc(Cl)c(Cl)cc1Cl. The molecule has 3 rings (SSSR count). The molecule has 0 aliphatic heterocycles. The van der Waals surface area contributed by atoms with Gasteiger partial charge in [0.05, 0.1) is 20.8 Å². The van der Waals surface area contributed by atoms with E-state index in [0.29, 0.717) is 0 Å². The molecule has 2 aromatic carbocycles. The van der Waals surface area contributed by atoms with Gasteiger partial charge in [0.15, 0.2) is 0 Å². The summed E-state index contributed by atoms with van der Waals surface area (Å²) in [7, 11) is -3.82. The largest absolute Gasteiger partial charge is 0.242 e. The molecule has 0 spiro atoms. The fraction of sp³-hybridized carbons (Fsp3) is 0.0625. The highest BCUT2D eigenvalue weighted by Crippen LogP contribution is 2.31. The summed E-state index contributed by atoms with van der Waals surface area (Å²) in [5.41, 5.74) is 1.67. The monoisotopic (exact) mass is 415 g/mol. The molecule has 0 saturated carbocycles. The first-order valence-electron chi connectivity index (χ1n) is 7.10. The molecule has 0 aliphatic carbocycles. The van der Waals surface area contributed by atoms with Gasteiger partial charge in [0.2, 0.25) is 10.0 Å². The smallest absolute Gasteiger partial charge is 0.241 e. The zero-order valence-electron chi connectivity index (χ0n) is 12.7. The highest BCUT2D eigenvalue weighted by Gasteiger charge is 2.19. The van der Waals surface area contributed by atoms with Crippen LogP contribution in [0.5, 0.6) is 0 Å². The van der Waals surface area contributed by atoms with E-state index >= 15 is 0 Å². The Balaban J connectivity index is 1.75. The topological polar surface area (TPSA) is 64.0 Å². The summed E-state index contributed by atoms with van der Waals surface area (Å²) in [6.07, 6.45) is 3.51. The Bertz CT molecular complexity index is 988. The third-order valence-corrected chi connectivity index (χ3v) is 6.02. The lowest BCUT2D eigenvalue weighted by Crippen LogP contribution is -2.23. The quantitative estimate of drug-likeness (QED) is 0.630. The average Bonchev–Trinajstić information content (AvgIpc) is 3.11. The van der Waals surface area contributed by atoms with Crippen LogP contribution in [0.3, 0.4) is 0 Å². The number of nitrogens with one attached hydrogen (secondary N) is 1. The highest BCUT2D eigenvalue weighted by atomic mass is 35.5. The lowest BCUT2D eigenvalue weighted by Gasteiger charge is -2.10. The molecule has 9 heteroatoms. The lowest BCUT2D eigenvalue weighted by molar-refractivity contribution is 0.581. The first-order chi connectivity index (χ1) is 11.9. The van der Waals surface area contributed by atoms with E-state index in [2.05, 4.69) is 9.82 Å². The average molecular weight is 417 g/mol. The lowest BCUT2D eigenvalue weighted by atomic mass is 10.2. The number of hydrogen-bond acceptors (Lipinski definition) is 3. The minimum atomic E-state index is -3.82. The molecule has 0 atom stereocenters. The van der Waals surface area contributed by atoms with Crippen LogP contribution in [0.4, 0.5) is 0 Å². The Labute approximate surface area is 160 Å². The molecule has 0 saturated heterocycles. The zero-order valence-corrected chi connectivity index (χ0v) is 15.7. The van der Waals surface area contributed by atoms with Crippen molar-refractivity contribution in [2.45, 2.75) is 11.4 Å². The molecule has 0 fully saturated rings. The molecule has 1 aromatic heterocycles. The van der Waals surface area contributed by atoms with Crippen LogP contribution in [-0.4, -0.2) is 18.2 Å². The van der Waals surface area contributed by atoms with Gasteiger partial charge in [0.25, 0.3) is 0 Å². The predicted octanol–water partition coefficient (Wildman–Crippen LogP) is 4.31. The predicted molar refractivity (Wildman–Crippen MR) is 99.1 cm³/mol. The van der Waals surface area contributed by atoms with E-state index in [1.807, 2.05) is 36.5 Å². The van der Waals surface area contributed by atoms with Crippen molar-refractivity contribution in [1.82, 2.24) is 14.5 Å². The fourth-order valence-electron chi connectivity index (χ4n) is 2.15. The van der Waals surface area contributed by atoms with E-state index in [9.17, 15) is 8.42 Å². The summed E-state index contributed by atoms with van der Waals surface area (Å²) >= 11 is 17.7. The highest BCUT2D eigenvalue weighted by molar-refractivity contribution is 7.89. The molecule has 3 aromatic rings. The zero-order chi connectivity index (χ0) is 18.0. The van der Waals surface area contributed by atoms with Gasteiger partial charge in [-0.1, -0.05) is 46.9 Å². The number of aromatic nitrogens is 2. The second-order valence-corrected chi connectivity index (χ2v) is 8.10. The molecule has 25 heavy (non-hydrogen) atoms. The van der Waals surface area contributed by atoms with Crippen molar-refractivity contribution in [2.24, 2.45) is 0 Å². The molecule has 0 aliphatic rings. The van der Waals surface area contributed by atoms with Gasteiger partial charge < -0.3 is 0 Å². The first-order valence-corrected chi connectivity index (χ1v) is 9.72. The summed E-state index contributed by atoms with van der Waals surface area (Å²) < 4.78 is 29.1. The van der Waals surface area contributed by atoms with Gasteiger partial charge in [-0.05, 0) is 35.9 Å². The Hall–Kier alpha value is -1.57. The Morgan fingerprint density at radius 3 is 2.32 bits per heavy atom. The van der Waals surface area contributed by atoms with Crippen molar-refractivity contribution >= 4 is 44.8 Å². The number of halogens is 3. The number of sulfonamides is 1. The molecular weight excluding hydrogens is 405 g/mol. The number of rotatable bonds is 5. The maximum atomic E-state index is 12.4. The van der Waals surface area contributed by atoms with Crippen molar-refractivity contribution in [3.05, 3.63) is 75.5 Å². The van der Waals surface area contributed by atoms with Crippen LogP contribution in [0, 0.1) is 0 Å². The maximum Gasteiger partial charge on any atom is 0.242 e. The number of benzene rings is 2. The van der Waals surface area contributed by atoms with Crippen LogP contribution in [0.1, 0.15) is 5.56 Å². The first kappa shape index (κ1) is 18.2. The third kappa shape index (κ3) is 4.16. The summed E-state index contributed by atoms with van der Waals surface area (Å²) in [6, 6.07) is 11.7. The summed E-state index contributed by atoms with van der Waals surface area (Å²) in [5.74, 6) is 0. The van der Waals surface area contributed by atoms with Gasteiger partial charge in [-0.2, -0.15) is 5.10 Å². The second kappa shape index (κ2) is 7.35. The molecule has 5 nitrogen and oxygen atoms in total. The molecule has 1 heterocycles. The maximum absolute atomic E-state index is 12.4. The minimum Gasteiger partial charge on any atom is -0.241 e. The van der Waals surface area contributed by atoms with Gasteiger partial charge >= 0.3 is 0 Å². The van der Waals surface area contributed by atoms with Gasteiger partial charge in [-0.15, -0.1) is 0 Å². The molecule has 0 amide bonds. The standard InChI is InChI=1S/C16H12Cl3N3O2S/c17-13-8-15(19)16(9-14(13)18)25(23,24)21-10-11-2-4-12(5-3-11)22-7-1-6-20-22/h1-9,21H,10H2. The molecule has 0 radical (unpaired) electrons. The number of hydrogen-bond donors (Lipinski definition) is 1. The van der Waals surface area contributed by atoms with Crippen molar-refractivity contribution in [3.63, 3.8) is 0 Å². The second-order valence-electron chi connectivity index (χ2n) is 5.14. The Kier molecular flexibility index (Phi) is 5.36. The Morgan fingerprint density at radius 1 is 1.00 bits per heavy atom. The normalized spacial score (nSPS) is 11.6. The van der Waals surface area contributed by atoms with Crippen LogP contribution < -0.4 is 4.72 Å². The van der Waals surface area contributed by atoms with Gasteiger partial charge in [-0.3, -0.25) is 0 Å². The minimum absolute atomic E-state index is 0.0101.